The lowest BCUT2D eigenvalue weighted by Gasteiger charge is -1.95. The minimum Gasteiger partial charge on any atom is -0.339 e. The Balaban J connectivity index is 2.08. The van der Waals surface area contributed by atoms with E-state index in [1.54, 1.807) is 12.1 Å². The van der Waals surface area contributed by atoms with Crippen LogP contribution in [0.25, 0.3) is 0 Å². The quantitative estimate of drug-likeness (QED) is 0.763. The van der Waals surface area contributed by atoms with Crippen molar-refractivity contribution in [1.29, 1.82) is 0 Å². The zero-order chi connectivity index (χ0) is 11.4. The Bertz CT molecular complexity index is 479. The fraction of sp³-hybridized carbons (Fsp3) is 0.182. The van der Waals surface area contributed by atoms with E-state index in [0.717, 1.165) is 11.8 Å². The van der Waals surface area contributed by atoms with E-state index in [1.807, 2.05) is 12.1 Å². The van der Waals surface area contributed by atoms with Crippen molar-refractivity contribution in [2.45, 2.75) is 12.8 Å². The fourth-order valence-electron chi connectivity index (χ4n) is 1.30. The van der Waals surface area contributed by atoms with Gasteiger partial charge in [-0.3, -0.25) is 0 Å². The summed E-state index contributed by atoms with van der Waals surface area (Å²) in [5.74, 6) is 0.915. The van der Waals surface area contributed by atoms with E-state index in [1.165, 1.54) is 0 Å². The molecule has 0 atom stereocenters. The van der Waals surface area contributed by atoms with Gasteiger partial charge in [0, 0.05) is 5.02 Å². The van der Waals surface area contributed by atoms with Crippen LogP contribution in [0.2, 0.25) is 5.02 Å². The molecule has 0 aliphatic carbocycles. The van der Waals surface area contributed by atoms with Crippen LogP contribution in [-0.4, -0.2) is 16.4 Å². The second-order valence-electron chi connectivity index (χ2n) is 3.28. The molecule has 2 rings (SSSR count). The van der Waals surface area contributed by atoms with Crippen molar-refractivity contribution in [3.8, 4) is 0 Å². The highest BCUT2D eigenvalue weighted by Crippen LogP contribution is 2.12. The van der Waals surface area contributed by atoms with Crippen molar-refractivity contribution in [3.63, 3.8) is 0 Å². The Morgan fingerprint density at radius 2 is 2.06 bits per heavy atom. The highest BCUT2D eigenvalue weighted by molar-refractivity contribution is 6.30. The molecule has 0 amide bonds. The molecule has 1 aromatic carbocycles. The predicted molar refractivity (Wildman–Crippen MR) is 58.3 cm³/mol. The summed E-state index contributed by atoms with van der Waals surface area (Å²) in [5.41, 5.74) is 1.03. The molecule has 0 saturated heterocycles. The van der Waals surface area contributed by atoms with Crippen LogP contribution in [0.4, 0.5) is 0 Å². The van der Waals surface area contributed by atoms with Gasteiger partial charge in [0.2, 0.25) is 5.89 Å². The van der Waals surface area contributed by atoms with Crippen LogP contribution >= 0.6 is 11.6 Å². The first-order chi connectivity index (χ1) is 7.78. The third-order valence-corrected chi connectivity index (χ3v) is 2.30. The summed E-state index contributed by atoms with van der Waals surface area (Å²) in [5, 5.41) is 4.37. The number of carbonyl (C=O) groups excluding carboxylic acids is 1. The van der Waals surface area contributed by atoms with Gasteiger partial charge < -0.3 is 9.32 Å². The molecule has 0 N–H and O–H groups in total. The van der Waals surface area contributed by atoms with Crippen LogP contribution in [-0.2, 0) is 17.6 Å². The number of nitrogens with zero attached hydrogens (tertiary/aromatic N) is 2. The molecule has 82 valence electrons. The van der Waals surface area contributed by atoms with E-state index >= 15 is 0 Å². The van der Waals surface area contributed by atoms with Gasteiger partial charge in [0.15, 0.2) is 5.82 Å². The molecule has 1 heterocycles. The molecule has 0 aliphatic rings. The molecule has 5 heteroatoms. The lowest BCUT2D eigenvalue weighted by Crippen LogP contribution is -1.91. The average Bonchev–Trinajstić information content (AvgIpc) is 2.70. The largest absolute Gasteiger partial charge is 0.339 e. The van der Waals surface area contributed by atoms with E-state index in [2.05, 4.69) is 10.1 Å². The van der Waals surface area contributed by atoms with Crippen molar-refractivity contribution in [2.24, 2.45) is 0 Å². The molecular weight excluding hydrogens is 228 g/mol. The maximum atomic E-state index is 10.2. The summed E-state index contributed by atoms with van der Waals surface area (Å²) in [6.45, 7) is 0. The number of carbonyl (C=O) groups is 1. The molecule has 0 aliphatic heterocycles. The Labute approximate surface area is 97.2 Å². The maximum Gasteiger partial charge on any atom is 0.231 e. The van der Waals surface area contributed by atoms with Gasteiger partial charge in [0.1, 0.15) is 6.29 Å². The van der Waals surface area contributed by atoms with E-state index in [-0.39, 0.29) is 6.42 Å². The van der Waals surface area contributed by atoms with Gasteiger partial charge in [-0.1, -0.05) is 28.9 Å². The van der Waals surface area contributed by atoms with Crippen molar-refractivity contribution < 1.29 is 9.32 Å². The van der Waals surface area contributed by atoms with Crippen molar-refractivity contribution in [2.75, 3.05) is 0 Å². The summed E-state index contributed by atoms with van der Waals surface area (Å²) in [6, 6.07) is 7.40. The van der Waals surface area contributed by atoms with Crippen LogP contribution in [0, 0.1) is 0 Å². The molecule has 0 fully saturated rings. The standard InChI is InChI=1S/C11H9ClN2O2/c12-9-3-1-8(2-4-9)7-11-13-10(5-6-15)14-16-11/h1-4,6H,5,7H2. The summed E-state index contributed by atoms with van der Waals surface area (Å²) in [4.78, 5) is 14.3. The topological polar surface area (TPSA) is 56.0 Å². The summed E-state index contributed by atoms with van der Waals surface area (Å²) < 4.78 is 5.00. The lowest BCUT2D eigenvalue weighted by atomic mass is 10.1. The number of hydrogen-bond acceptors (Lipinski definition) is 4. The Morgan fingerprint density at radius 3 is 2.75 bits per heavy atom. The first-order valence-electron chi connectivity index (χ1n) is 4.77. The highest BCUT2D eigenvalue weighted by Gasteiger charge is 2.06. The number of aldehydes is 1. The average molecular weight is 237 g/mol. The molecular formula is C11H9ClN2O2. The van der Waals surface area contributed by atoms with Crippen LogP contribution in [0.5, 0.6) is 0 Å². The highest BCUT2D eigenvalue weighted by atomic mass is 35.5. The van der Waals surface area contributed by atoms with Crippen LogP contribution in [0.3, 0.4) is 0 Å². The number of hydrogen-bond donors (Lipinski definition) is 0. The first-order valence-corrected chi connectivity index (χ1v) is 5.15. The minimum atomic E-state index is 0.185. The van der Waals surface area contributed by atoms with Crippen LogP contribution in [0.1, 0.15) is 17.3 Å². The zero-order valence-electron chi connectivity index (χ0n) is 8.39. The van der Waals surface area contributed by atoms with Gasteiger partial charge in [0.05, 0.1) is 12.8 Å². The molecule has 0 saturated carbocycles. The van der Waals surface area contributed by atoms with Crippen molar-refractivity contribution in [3.05, 3.63) is 46.6 Å². The third-order valence-electron chi connectivity index (χ3n) is 2.04. The number of rotatable bonds is 4. The molecule has 4 nitrogen and oxygen atoms in total. The van der Waals surface area contributed by atoms with E-state index in [9.17, 15) is 4.79 Å². The number of halogens is 1. The Kier molecular flexibility index (Phi) is 3.31. The molecule has 16 heavy (non-hydrogen) atoms. The second-order valence-corrected chi connectivity index (χ2v) is 3.71. The van der Waals surface area contributed by atoms with Crippen molar-refractivity contribution >= 4 is 17.9 Å². The molecule has 0 radical (unpaired) electrons. The molecule has 0 bridgehead atoms. The summed E-state index contributed by atoms with van der Waals surface area (Å²) >= 11 is 5.77. The lowest BCUT2D eigenvalue weighted by molar-refractivity contribution is -0.107. The van der Waals surface area contributed by atoms with Crippen LogP contribution in [0.15, 0.2) is 28.8 Å². The Morgan fingerprint density at radius 1 is 1.31 bits per heavy atom. The van der Waals surface area contributed by atoms with Gasteiger partial charge in [-0.25, -0.2) is 0 Å². The number of aromatic nitrogens is 2. The molecule has 2 aromatic rings. The molecule has 1 aromatic heterocycles. The van der Waals surface area contributed by atoms with Gasteiger partial charge in [0.25, 0.3) is 0 Å². The smallest absolute Gasteiger partial charge is 0.231 e. The fourth-order valence-corrected chi connectivity index (χ4v) is 1.42. The maximum absolute atomic E-state index is 10.2. The minimum absolute atomic E-state index is 0.185. The van der Waals surface area contributed by atoms with Crippen LogP contribution < -0.4 is 0 Å². The Hall–Kier alpha value is -1.68. The van der Waals surface area contributed by atoms with E-state index in [0.29, 0.717) is 23.2 Å². The zero-order valence-corrected chi connectivity index (χ0v) is 9.15. The van der Waals surface area contributed by atoms with Gasteiger partial charge >= 0.3 is 0 Å². The van der Waals surface area contributed by atoms with Gasteiger partial charge in [-0.05, 0) is 17.7 Å². The monoisotopic (exact) mass is 236 g/mol. The number of benzene rings is 1. The SMILES string of the molecule is O=CCc1noc(Cc2ccc(Cl)cc2)n1. The first kappa shape index (κ1) is 10.8. The van der Waals surface area contributed by atoms with E-state index < -0.39 is 0 Å². The van der Waals surface area contributed by atoms with E-state index in [4.69, 9.17) is 16.1 Å². The van der Waals surface area contributed by atoms with Gasteiger partial charge in [-0.15, -0.1) is 0 Å². The summed E-state index contributed by atoms with van der Waals surface area (Å²) in [7, 11) is 0. The summed E-state index contributed by atoms with van der Waals surface area (Å²) in [6.07, 6.45) is 1.48. The predicted octanol–water partition coefficient (Wildman–Crippen LogP) is 2.06. The third kappa shape index (κ3) is 2.67. The molecule has 0 spiro atoms. The van der Waals surface area contributed by atoms with Crippen molar-refractivity contribution in [1.82, 2.24) is 10.1 Å². The molecule has 0 unspecified atom stereocenters. The normalized spacial score (nSPS) is 10.3. The second kappa shape index (κ2) is 4.90. The van der Waals surface area contributed by atoms with Gasteiger partial charge in [-0.2, -0.15) is 4.98 Å².